The van der Waals surface area contributed by atoms with Gasteiger partial charge < -0.3 is 5.32 Å². The third kappa shape index (κ3) is 2.94. The summed E-state index contributed by atoms with van der Waals surface area (Å²) in [4.78, 5) is 9.00. The van der Waals surface area contributed by atoms with Crippen molar-refractivity contribution in [2.75, 3.05) is 5.32 Å². The molecular weight excluding hydrogens is 246 g/mol. The lowest BCUT2D eigenvalue weighted by Crippen LogP contribution is -2.19. The van der Waals surface area contributed by atoms with E-state index in [1.807, 2.05) is 30.3 Å². The molecule has 3 aromatic rings. The summed E-state index contributed by atoms with van der Waals surface area (Å²) in [6.45, 7) is 2.16. The zero-order chi connectivity index (χ0) is 13.8. The molecule has 0 fully saturated rings. The molecule has 3 nitrogen and oxygen atoms in total. The summed E-state index contributed by atoms with van der Waals surface area (Å²) in [5.41, 5.74) is 3.17. The average molecular weight is 263 g/mol. The van der Waals surface area contributed by atoms with Crippen LogP contribution >= 0.6 is 0 Å². The van der Waals surface area contributed by atoms with Gasteiger partial charge in [-0.1, -0.05) is 42.5 Å². The minimum atomic E-state index is 0.313. The van der Waals surface area contributed by atoms with Crippen molar-refractivity contribution in [1.29, 1.82) is 0 Å². The van der Waals surface area contributed by atoms with Crippen LogP contribution < -0.4 is 5.32 Å². The van der Waals surface area contributed by atoms with E-state index in [1.54, 1.807) is 6.20 Å². The van der Waals surface area contributed by atoms with Crippen LogP contribution in [0.25, 0.3) is 11.0 Å². The van der Waals surface area contributed by atoms with E-state index in [4.69, 9.17) is 0 Å². The number of aromatic nitrogens is 2. The van der Waals surface area contributed by atoms with Gasteiger partial charge in [0.05, 0.1) is 17.2 Å². The van der Waals surface area contributed by atoms with Crippen LogP contribution in [0.15, 0.2) is 60.8 Å². The summed E-state index contributed by atoms with van der Waals surface area (Å²) in [5, 5.41) is 3.41. The molecule has 0 amide bonds. The zero-order valence-corrected chi connectivity index (χ0v) is 11.5. The fraction of sp³-hybridized carbons (Fsp3) is 0.176. The van der Waals surface area contributed by atoms with Gasteiger partial charge in [0.15, 0.2) is 0 Å². The van der Waals surface area contributed by atoms with Crippen molar-refractivity contribution < 1.29 is 0 Å². The lowest BCUT2D eigenvalue weighted by atomic mass is 10.1. The van der Waals surface area contributed by atoms with Crippen LogP contribution in [-0.4, -0.2) is 16.0 Å². The Balaban J connectivity index is 1.72. The molecule has 0 bridgehead atoms. The van der Waals surface area contributed by atoms with Crippen LogP contribution in [0.5, 0.6) is 0 Å². The standard InChI is InChI=1S/C17H17N3/c1-13(11-14-7-3-2-4-8-14)19-17-12-18-15-9-5-6-10-16(15)20-17/h2-10,12-13H,11H2,1H3,(H,19,20). The first-order valence-electron chi connectivity index (χ1n) is 6.83. The Morgan fingerprint density at radius 1 is 0.950 bits per heavy atom. The molecule has 0 saturated heterocycles. The first kappa shape index (κ1) is 12.6. The van der Waals surface area contributed by atoms with Gasteiger partial charge in [0.2, 0.25) is 0 Å². The predicted octanol–water partition coefficient (Wildman–Crippen LogP) is 3.67. The van der Waals surface area contributed by atoms with Gasteiger partial charge in [-0.25, -0.2) is 4.98 Å². The van der Waals surface area contributed by atoms with Gasteiger partial charge in [0.25, 0.3) is 0 Å². The molecule has 1 unspecified atom stereocenters. The number of benzene rings is 2. The molecule has 100 valence electrons. The molecular formula is C17H17N3. The normalized spacial score (nSPS) is 12.2. The number of hydrogen-bond acceptors (Lipinski definition) is 3. The van der Waals surface area contributed by atoms with Crippen molar-refractivity contribution in [3.63, 3.8) is 0 Å². The number of para-hydroxylation sites is 2. The van der Waals surface area contributed by atoms with E-state index >= 15 is 0 Å². The van der Waals surface area contributed by atoms with Gasteiger partial charge in [-0.15, -0.1) is 0 Å². The molecule has 1 heterocycles. The predicted molar refractivity (Wildman–Crippen MR) is 82.8 cm³/mol. The molecule has 0 aliphatic heterocycles. The van der Waals surface area contributed by atoms with E-state index in [0.29, 0.717) is 6.04 Å². The van der Waals surface area contributed by atoms with E-state index in [2.05, 4.69) is 46.5 Å². The van der Waals surface area contributed by atoms with Gasteiger partial charge >= 0.3 is 0 Å². The molecule has 0 saturated carbocycles. The van der Waals surface area contributed by atoms with Gasteiger partial charge in [-0.05, 0) is 31.0 Å². The topological polar surface area (TPSA) is 37.8 Å². The highest BCUT2D eigenvalue weighted by Crippen LogP contribution is 2.13. The highest BCUT2D eigenvalue weighted by atomic mass is 15.0. The minimum absolute atomic E-state index is 0.313. The molecule has 0 aliphatic rings. The Labute approximate surface area is 118 Å². The minimum Gasteiger partial charge on any atom is -0.366 e. The Kier molecular flexibility index (Phi) is 3.59. The summed E-state index contributed by atoms with van der Waals surface area (Å²) >= 11 is 0. The van der Waals surface area contributed by atoms with Crippen LogP contribution in [0, 0.1) is 0 Å². The third-order valence-corrected chi connectivity index (χ3v) is 3.23. The summed E-state index contributed by atoms with van der Waals surface area (Å²) in [5.74, 6) is 0.826. The Bertz CT molecular complexity index is 695. The fourth-order valence-electron chi connectivity index (χ4n) is 2.30. The number of nitrogens with zero attached hydrogens (tertiary/aromatic N) is 2. The van der Waals surface area contributed by atoms with Crippen molar-refractivity contribution in [3.05, 3.63) is 66.4 Å². The first-order chi connectivity index (χ1) is 9.81. The SMILES string of the molecule is CC(Cc1ccccc1)Nc1cnc2ccccc2n1. The monoisotopic (exact) mass is 263 g/mol. The number of fused-ring (bicyclic) bond motifs is 1. The van der Waals surface area contributed by atoms with Gasteiger partial charge in [-0.2, -0.15) is 0 Å². The average Bonchev–Trinajstić information content (AvgIpc) is 2.48. The summed E-state index contributed by atoms with van der Waals surface area (Å²) in [7, 11) is 0. The maximum absolute atomic E-state index is 4.58. The number of nitrogens with one attached hydrogen (secondary N) is 1. The zero-order valence-electron chi connectivity index (χ0n) is 11.5. The number of rotatable bonds is 4. The van der Waals surface area contributed by atoms with Crippen molar-refractivity contribution in [3.8, 4) is 0 Å². The second-order valence-electron chi connectivity index (χ2n) is 4.98. The molecule has 1 atom stereocenters. The molecule has 1 aromatic heterocycles. The highest BCUT2D eigenvalue weighted by Gasteiger charge is 2.05. The van der Waals surface area contributed by atoms with E-state index in [1.165, 1.54) is 5.56 Å². The van der Waals surface area contributed by atoms with Crippen LogP contribution in [-0.2, 0) is 6.42 Å². The molecule has 0 aliphatic carbocycles. The highest BCUT2D eigenvalue weighted by molar-refractivity contribution is 5.75. The second-order valence-corrected chi connectivity index (χ2v) is 4.98. The van der Waals surface area contributed by atoms with E-state index in [-0.39, 0.29) is 0 Å². The molecule has 2 aromatic carbocycles. The molecule has 0 spiro atoms. The smallest absolute Gasteiger partial charge is 0.145 e. The van der Waals surface area contributed by atoms with Crippen LogP contribution in [0.3, 0.4) is 0 Å². The van der Waals surface area contributed by atoms with Crippen molar-refractivity contribution in [1.82, 2.24) is 9.97 Å². The van der Waals surface area contributed by atoms with Crippen LogP contribution in [0.1, 0.15) is 12.5 Å². The van der Waals surface area contributed by atoms with E-state index in [9.17, 15) is 0 Å². The lowest BCUT2D eigenvalue weighted by molar-refractivity contribution is 0.784. The van der Waals surface area contributed by atoms with Crippen LogP contribution in [0.2, 0.25) is 0 Å². The summed E-state index contributed by atoms with van der Waals surface area (Å²) in [6.07, 6.45) is 2.76. The fourth-order valence-corrected chi connectivity index (χ4v) is 2.30. The van der Waals surface area contributed by atoms with Crippen molar-refractivity contribution >= 4 is 16.9 Å². The Morgan fingerprint density at radius 3 is 2.45 bits per heavy atom. The number of hydrogen-bond donors (Lipinski definition) is 1. The summed E-state index contributed by atoms with van der Waals surface area (Å²) in [6, 6.07) is 18.7. The maximum atomic E-state index is 4.58. The molecule has 3 rings (SSSR count). The molecule has 20 heavy (non-hydrogen) atoms. The summed E-state index contributed by atoms with van der Waals surface area (Å²) < 4.78 is 0. The lowest BCUT2D eigenvalue weighted by Gasteiger charge is -2.14. The maximum Gasteiger partial charge on any atom is 0.145 e. The van der Waals surface area contributed by atoms with E-state index < -0.39 is 0 Å². The number of anilines is 1. The largest absolute Gasteiger partial charge is 0.366 e. The second kappa shape index (κ2) is 5.70. The van der Waals surface area contributed by atoms with Gasteiger partial charge in [0, 0.05) is 6.04 Å². The van der Waals surface area contributed by atoms with E-state index in [0.717, 1.165) is 23.3 Å². The molecule has 1 N–H and O–H groups in total. The van der Waals surface area contributed by atoms with Gasteiger partial charge in [0.1, 0.15) is 5.82 Å². The first-order valence-corrected chi connectivity index (χ1v) is 6.83. The van der Waals surface area contributed by atoms with Crippen molar-refractivity contribution in [2.45, 2.75) is 19.4 Å². The molecule has 0 radical (unpaired) electrons. The van der Waals surface area contributed by atoms with Crippen LogP contribution in [0.4, 0.5) is 5.82 Å². The molecule has 3 heteroatoms. The van der Waals surface area contributed by atoms with Gasteiger partial charge in [-0.3, -0.25) is 4.98 Å². The third-order valence-electron chi connectivity index (χ3n) is 3.23. The quantitative estimate of drug-likeness (QED) is 0.780. The van der Waals surface area contributed by atoms with Crippen molar-refractivity contribution in [2.24, 2.45) is 0 Å². The Morgan fingerprint density at radius 2 is 1.65 bits per heavy atom. The Hall–Kier alpha value is -2.42.